The molecular formula is C11H28NO2+. The summed E-state index contributed by atoms with van der Waals surface area (Å²) in [5, 5.41) is 16.0. The first-order chi connectivity index (χ1) is 6.51. The van der Waals surface area contributed by atoms with Crippen molar-refractivity contribution in [3.05, 3.63) is 0 Å². The SMILES string of the molecule is CC(O)CO.CC[N+](CC)(CC)CC. The van der Waals surface area contributed by atoms with E-state index in [2.05, 4.69) is 27.7 Å². The number of aliphatic hydroxyl groups excluding tert-OH is 2. The Morgan fingerprint density at radius 2 is 1.14 bits per heavy atom. The van der Waals surface area contributed by atoms with Crippen LogP contribution in [0.15, 0.2) is 0 Å². The lowest BCUT2D eigenvalue weighted by Crippen LogP contribution is -2.47. The molecule has 88 valence electrons. The number of aliphatic hydroxyl groups is 2. The van der Waals surface area contributed by atoms with Gasteiger partial charge in [-0.25, -0.2) is 0 Å². The summed E-state index contributed by atoms with van der Waals surface area (Å²) in [5.74, 6) is 0. The second kappa shape index (κ2) is 9.44. The highest BCUT2D eigenvalue weighted by Crippen LogP contribution is 2.03. The molecule has 0 aliphatic carbocycles. The topological polar surface area (TPSA) is 40.5 Å². The summed E-state index contributed by atoms with van der Waals surface area (Å²) in [6, 6.07) is 0. The van der Waals surface area contributed by atoms with Gasteiger partial charge in [0.25, 0.3) is 0 Å². The summed E-state index contributed by atoms with van der Waals surface area (Å²) in [7, 11) is 0. The smallest absolute Gasteiger partial charge is 0.0757 e. The molecule has 0 bridgehead atoms. The summed E-state index contributed by atoms with van der Waals surface area (Å²) >= 11 is 0. The average Bonchev–Trinajstić information content (AvgIpc) is 2.23. The van der Waals surface area contributed by atoms with Gasteiger partial charge in [-0.3, -0.25) is 0 Å². The fourth-order valence-electron chi connectivity index (χ4n) is 1.34. The first kappa shape index (κ1) is 16.3. The molecule has 14 heavy (non-hydrogen) atoms. The van der Waals surface area contributed by atoms with Crippen LogP contribution in [0.2, 0.25) is 0 Å². The Morgan fingerprint density at radius 3 is 1.14 bits per heavy atom. The highest BCUT2D eigenvalue weighted by Gasteiger charge is 2.16. The summed E-state index contributed by atoms with van der Waals surface area (Å²) in [4.78, 5) is 0. The van der Waals surface area contributed by atoms with E-state index in [-0.39, 0.29) is 6.61 Å². The van der Waals surface area contributed by atoms with Gasteiger partial charge in [0.05, 0.1) is 38.9 Å². The van der Waals surface area contributed by atoms with Crippen LogP contribution >= 0.6 is 0 Å². The van der Waals surface area contributed by atoms with Gasteiger partial charge in [0.15, 0.2) is 0 Å². The maximum Gasteiger partial charge on any atom is 0.0757 e. The molecule has 1 unspecified atom stereocenters. The first-order valence-corrected chi connectivity index (χ1v) is 5.65. The van der Waals surface area contributed by atoms with Crippen LogP contribution in [0.25, 0.3) is 0 Å². The van der Waals surface area contributed by atoms with Gasteiger partial charge >= 0.3 is 0 Å². The molecule has 0 saturated carbocycles. The molecule has 1 atom stereocenters. The molecule has 0 saturated heterocycles. The minimum absolute atomic E-state index is 0.139. The van der Waals surface area contributed by atoms with Gasteiger partial charge in [-0.15, -0.1) is 0 Å². The Hall–Kier alpha value is -0.120. The van der Waals surface area contributed by atoms with E-state index >= 15 is 0 Å². The summed E-state index contributed by atoms with van der Waals surface area (Å²) in [6.07, 6.45) is -0.560. The molecule has 3 heteroatoms. The van der Waals surface area contributed by atoms with Crippen LogP contribution in [0.1, 0.15) is 34.6 Å². The van der Waals surface area contributed by atoms with Gasteiger partial charge in [0.2, 0.25) is 0 Å². The van der Waals surface area contributed by atoms with Crippen LogP contribution in [0.4, 0.5) is 0 Å². The number of rotatable bonds is 5. The molecule has 0 aromatic rings. The lowest BCUT2D eigenvalue weighted by molar-refractivity contribution is -0.921. The quantitative estimate of drug-likeness (QED) is 0.665. The van der Waals surface area contributed by atoms with E-state index in [0.717, 1.165) is 0 Å². The molecule has 0 amide bonds. The third-order valence-corrected chi connectivity index (χ3v) is 2.95. The van der Waals surface area contributed by atoms with Gasteiger partial charge in [-0.1, -0.05) is 0 Å². The minimum atomic E-state index is -0.560. The van der Waals surface area contributed by atoms with Crippen LogP contribution in [0.3, 0.4) is 0 Å². The molecule has 0 spiro atoms. The average molecular weight is 206 g/mol. The van der Waals surface area contributed by atoms with Crippen LogP contribution < -0.4 is 0 Å². The highest BCUT2D eigenvalue weighted by molar-refractivity contribution is 4.34. The lowest BCUT2D eigenvalue weighted by Gasteiger charge is -2.34. The summed E-state index contributed by atoms with van der Waals surface area (Å²) < 4.78 is 1.28. The van der Waals surface area contributed by atoms with E-state index in [9.17, 15) is 0 Å². The third kappa shape index (κ3) is 7.30. The van der Waals surface area contributed by atoms with Gasteiger partial charge < -0.3 is 14.7 Å². The van der Waals surface area contributed by atoms with Crippen molar-refractivity contribution in [2.45, 2.75) is 40.7 Å². The van der Waals surface area contributed by atoms with Crippen LogP contribution in [0.5, 0.6) is 0 Å². The molecule has 0 rings (SSSR count). The van der Waals surface area contributed by atoms with Crippen molar-refractivity contribution in [3.63, 3.8) is 0 Å². The Balaban J connectivity index is 0. The van der Waals surface area contributed by atoms with Crippen molar-refractivity contribution >= 4 is 0 Å². The Labute approximate surface area is 89.0 Å². The van der Waals surface area contributed by atoms with Gasteiger partial charge in [-0.05, 0) is 34.6 Å². The Morgan fingerprint density at radius 1 is 0.929 bits per heavy atom. The number of hydrogen-bond acceptors (Lipinski definition) is 2. The van der Waals surface area contributed by atoms with Crippen molar-refractivity contribution in [2.75, 3.05) is 32.8 Å². The fraction of sp³-hybridized carbons (Fsp3) is 1.00. The van der Waals surface area contributed by atoms with Crippen LogP contribution in [-0.4, -0.2) is 53.6 Å². The first-order valence-electron chi connectivity index (χ1n) is 5.65. The predicted molar refractivity (Wildman–Crippen MR) is 61.2 cm³/mol. The molecule has 0 radical (unpaired) electrons. The maximum atomic E-state index is 8.11. The van der Waals surface area contributed by atoms with E-state index in [1.165, 1.54) is 37.6 Å². The number of quaternary nitrogens is 1. The van der Waals surface area contributed by atoms with Crippen molar-refractivity contribution in [3.8, 4) is 0 Å². The van der Waals surface area contributed by atoms with Gasteiger partial charge in [0, 0.05) is 0 Å². The zero-order valence-corrected chi connectivity index (χ0v) is 10.5. The molecule has 0 fully saturated rings. The monoisotopic (exact) mass is 206 g/mol. The number of nitrogens with zero attached hydrogens (tertiary/aromatic N) is 1. The van der Waals surface area contributed by atoms with Crippen LogP contribution in [0, 0.1) is 0 Å². The standard InChI is InChI=1S/C8H20N.C3H8O2/c1-5-9(6-2,7-3)8-4;1-3(5)2-4/h5-8H2,1-4H3;3-5H,2H2,1H3/q+1;. The Bertz CT molecular complexity index is 94.3. The summed E-state index contributed by atoms with van der Waals surface area (Å²) in [5.41, 5.74) is 0. The zero-order chi connectivity index (χ0) is 11.6. The largest absolute Gasteiger partial charge is 0.394 e. The van der Waals surface area contributed by atoms with Crippen molar-refractivity contribution in [1.82, 2.24) is 0 Å². The minimum Gasteiger partial charge on any atom is -0.394 e. The second-order valence-electron chi connectivity index (χ2n) is 3.64. The van der Waals surface area contributed by atoms with Gasteiger partial charge in [-0.2, -0.15) is 0 Å². The molecule has 0 aliphatic rings. The summed E-state index contributed by atoms with van der Waals surface area (Å²) in [6.45, 7) is 15.6. The van der Waals surface area contributed by atoms with Crippen LogP contribution in [-0.2, 0) is 0 Å². The molecule has 0 heterocycles. The van der Waals surface area contributed by atoms with Crippen molar-refractivity contribution in [2.24, 2.45) is 0 Å². The van der Waals surface area contributed by atoms with E-state index in [1.807, 2.05) is 0 Å². The van der Waals surface area contributed by atoms with Crippen molar-refractivity contribution in [1.29, 1.82) is 0 Å². The van der Waals surface area contributed by atoms with Gasteiger partial charge in [0.1, 0.15) is 0 Å². The fourth-order valence-corrected chi connectivity index (χ4v) is 1.34. The van der Waals surface area contributed by atoms with E-state index in [0.29, 0.717) is 0 Å². The predicted octanol–water partition coefficient (Wildman–Crippen LogP) is 1.24. The van der Waals surface area contributed by atoms with E-state index < -0.39 is 6.10 Å². The molecule has 0 aromatic carbocycles. The highest BCUT2D eigenvalue weighted by atomic mass is 16.3. The zero-order valence-electron chi connectivity index (χ0n) is 10.5. The van der Waals surface area contributed by atoms with E-state index in [1.54, 1.807) is 0 Å². The maximum absolute atomic E-state index is 8.11. The lowest BCUT2D eigenvalue weighted by atomic mass is 10.3. The molecule has 3 nitrogen and oxygen atoms in total. The molecule has 0 aromatic heterocycles. The Kier molecular flexibility index (Phi) is 11.0. The normalized spacial score (nSPS) is 13.1. The van der Waals surface area contributed by atoms with Crippen molar-refractivity contribution < 1.29 is 14.7 Å². The molecule has 2 N–H and O–H groups in total. The van der Waals surface area contributed by atoms with E-state index in [4.69, 9.17) is 10.2 Å². The molecular weight excluding hydrogens is 178 g/mol. The third-order valence-electron chi connectivity index (χ3n) is 2.95. The molecule has 0 aliphatic heterocycles. The second-order valence-corrected chi connectivity index (χ2v) is 3.64. The number of hydrogen-bond donors (Lipinski definition) is 2.